The van der Waals surface area contributed by atoms with Crippen LogP contribution in [0.2, 0.25) is 5.02 Å². The molecule has 128 valence electrons. The number of amides is 1. The van der Waals surface area contributed by atoms with Gasteiger partial charge >= 0.3 is 0 Å². The molecule has 1 amide bonds. The topological polar surface area (TPSA) is 108 Å². The summed E-state index contributed by atoms with van der Waals surface area (Å²) in [4.78, 5) is 12.1. The van der Waals surface area contributed by atoms with Crippen molar-refractivity contribution < 1.29 is 22.7 Å². The third-order valence-corrected chi connectivity index (χ3v) is 4.55. The van der Waals surface area contributed by atoms with E-state index in [-0.39, 0.29) is 15.5 Å². The average Bonchev–Trinajstić information content (AvgIpc) is 2.53. The van der Waals surface area contributed by atoms with Gasteiger partial charge in [-0.25, -0.2) is 13.6 Å². The molecule has 24 heavy (non-hydrogen) atoms. The highest BCUT2D eigenvalue weighted by Crippen LogP contribution is 2.29. The molecule has 9 heteroatoms. The third kappa shape index (κ3) is 3.97. The first kappa shape index (κ1) is 18.1. The Morgan fingerprint density at radius 2 is 1.83 bits per heavy atom. The Morgan fingerprint density at radius 3 is 2.42 bits per heavy atom. The molecule has 0 bridgehead atoms. The van der Waals surface area contributed by atoms with Crippen LogP contribution in [-0.4, -0.2) is 28.5 Å². The summed E-state index contributed by atoms with van der Waals surface area (Å²) in [6.45, 7) is 0. The number of hydrogen-bond donors (Lipinski definition) is 2. The van der Waals surface area contributed by atoms with Crippen LogP contribution in [0.25, 0.3) is 0 Å². The van der Waals surface area contributed by atoms with Crippen molar-refractivity contribution >= 4 is 33.2 Å². The number of carbonyl (C=O) groups excluding carboxylic acids is 1. The zero-order valence-electron chi connectivity index (χ0n) is 12.9. The largest absolute Gasteiger partial charge is 0.497 e. The van der Waals surface area contributed by atoms with E-state index in [1.165, 1.54) is 26.4 Å². The zero-order chi connectivity index (χ0) is 17.9. The fourth-order valence-electron chi connectivity index (χ4n) is 1.97. The molecule has 0 aromatic heterocycles. The van der Waals surface area contributed by atoms with Gasteiger partial charge in [-0.2, -0.15) is 0 Å². The van der Waals surface area contributed by atoms with E-state index in [9.17, 15) is 13.2 Å². The molecule has 0 aliphatic carbocycles. The van der Waals surface area contributed by atoms with Crippen molar-refractivity contribution in [3.05, 3.63) is 47.0 Å². The van der Waals surface area contributed by atoms with Crippen LogP contribution in [0.1, 0.15) is 10.4 Å². The molecule has 0 atom stereocenters. The molecule has 0 spiro atoms. The van der Waals surface area contributed by atoms with Gasteiger partial charge in [0.25, 0.3) is 5.91 Å². The summed E-state index contributed by atoms with van der Waals surface area (Å²) in [6, 6.07) is 8.67. The van der Waals surface area contributed by atoms with E-state index in [1.807, 2.05) is 0 Å². The minimum Gasteiger partial charge on any atom is -0.497 e. The fourth-order valence-corrected chi connectivity index (χ4v) is 3.04. The van der Waals surface area contributed by atoms with Crippen LogP contribution >= 0.6 is 11.6 Å². The van der Waals surface area contributed by atoms with Gasteiger partial charge in [0, 0.05) is 11.6 Å². The maximum Gasteiger partial charge on any atom is 0.255 e. The first-order valence-electron chi connectivity index (χ1n) is 6.62. The maximum atomic E-state index is 12.4. The van der Waals surface area contributed by atoms with Gasteiger partial charge in [0.05, 0.1) is 24.9 Å². The maximum absolute atomic E-state index is 12.4. The van der Waals surface area contributed by atoms with Crippen molar-refractivity contribution in [2.45, 2.75) is 4.90 Å². The Morgan fingerprint density at radius 1 is 1.12 bits per heavy atom. The summed E-state index contributed by atoms with van der Waals surface area (Å²) in [7, 11) is -1.09. The molecule has 0 radical (unpaired) electrons. The van der Waals surface area contributed by atoms with Crippen LogP contribution in [0, 0.1) is 0 Å². The van der Waals surface area contributed by atoms with Gasteiger partial charge in [-0.15, -0.1) is 0 Å². The molecule has 0 aliphatic rings. The molecule has 2 rings (SSSR count). The van der Waals surface area contributed by atoms with Gasteiger partial charge in [-0.1, -0.05) is 11.6 Å². The molecular weight excluding hydrogens is 356 g/mol. The molecule has 0 unspecified atom stereocenters. The van der Waals surface area contributed by atoms with Gasteiger partial charge in [0.15, 0.2) is 0 Å². The van der Waals surface area contributed by atoms with Gasteiger partial charge in [-0.3, -0.25) is 4.79 Å². The number of hydrogen-bond acceptors (Lipinski definition) is 5. The van der Waals surface area contributed by atoms with E-state index in [1.54, 1.807) is 18.2 Å². The van der Waals surface area contributed by atoms with Gasteiger partial charge in [-0.05, 0) is 30.3 Å². The number of carbonyl (C=O) groups is 1. The van der Waals surface area contributed by atoms with Gasteiger partial charge in [0.1, 0.15) is 16.4 Å². The quantitative estimate of drug-likeness (QED) is 0.839. The number of nitrogens with one attached hydrogen (secondary N) is 1. The lowest BCUT2D eigenvalue weighted by molar-refractivity contribution is 0.102. The summed E-state index contributed by atoms with van der Waals surface area (Å²) >= 11 is 5.81. The highest BCUT2D eigenvalue weighted by molar-refractivity contribution is 7.89. The molecule has 0 aliphatic heterocycles. The number of sulfonamides is 1. The number of benzene rings is 2. The Kier molecular flexibility index (Phi) is 5.33. The van der Waals surface area contributed by atoms with E-state index < -0.39 is 15.9 Å². The second-order valence-electron chi connectivity index (χ2n) is 4.71. The predicted octanol–water partition coefficient (Wildman–Crippen LogP) is 2.26. The van der Waals surface area contributed by atoms with E-state index in [4.69, 9.17) is 26.2 Å². The lowest BCUT2D eigenvalue weighted by Crippen LogP contribution is -2.16. The van der Waals surface area contributed by atoms with Crippen LogP contribution in [0.3, 0.4) is 0 Å². The zero-order valence-corrected chi connectivity index (χ0v) is 14.4. The summed E-state index contributed by atoms with van der Waals surface area (Å²) in [6.07, 6.45) is 0. The van der Waals surface area contributed by atoms with Crippen LogP contribution in [0.4, 0.5) is 5.69 Å². The Balaban J connectivity index is 2.37. The van der Waals surface area contributed by atoms with E-state index in [2.05, 4.69) is 5.32 Å². The second-order valence-corrected chi connectivity index (χ2v) is 6.65. The molecule has 2 aromatic carbocycles. The average molecular weight is 371 g/mol. The molecule has 7 nitrogen and oxygen atoms in total. The van der Waals surface area contributed by atoms with Crippen molar-refractivity contribution in [1.29, 1.82) is 0 Å². The normalized spacial score (nSPS) is 11.0. The van der Waals surface area contributed by atoms with Crippen molar-refractivity contribution in [1.82, 2.24) is 0 Å². The van der Waals surface area contributed by atoms with Crippen molar-refractivity contribution in [2.75, 3.05) is 19.5 Å². The lowest BCUT2D eigenvalue weighted by Gasteiger charge is -2.12. The minimum absolute atomic E-state index is 0.0620. The first-order chi connectivity index (χ1) is 11.3. The Hall–Kier alpha value is -2.29. The number of ether oxygens (including phenoxy) is 2. The number of rotatable bonds is 5. The first-order valence-corrected chi connectivity index (χ1v) is 8.54. The number of nitrogens with two attached hydrogens (primary N) is 1. The number of halogens is 1. The van der Waals surface area contributed by atoms with Crippen LogP contribution in [0.5, 0.6) is 11.5 Å². The van der Waals surface area contributed by atoms with E-state index in [0.29, 0.717) is 17.2 Å². The van der Waals surface area contributed by atoms with Gasteiger partial charge in [0.2, 0.25) is 10.0 Å². The van der Waals surface area contributed by atoms with Gasteiger partial charge < -0.3 is 14.8 Å². The third-order valence-electron chi connectivity index (χ3n) is 3.15. The lowest BCUT2D eigenvalue weighted by atomic mass is 10.2. The van der Waals surface area contributed by atoms with E-state index in [0.717, 1.165) is 6.07 Å². The molecule has 0 heterocycles. The van der Waals surface area contributed by atoms with Crippen LogP contribution in [-0.2, 0) is 10.0 Å². The smallest absolute Gasteiger partial charge is 0.255 e. The molecule has 0 fully saturated rings. The van der Waals surface area contributed by atoms with Crippen molar-refractivity contribution in [3.63, 3.8) is 0 Å². The second kappa shape index (κ2) is 7.08. The SMILES string of the molecule is COc1ccc(OC)c(NC(=O)c2ccc(Cl)c(S(N)(=O)=O)c2)c1. The minimum atomic E-state index is -4.04. The number of primary sulfonamides is 1. The Labute approximate surface area is 144 Å². The van der Waals surface area contributed by atoms with Crippen molar-refractivity contribution in [2.24, 2.45) is 5.14 Å². The van der Waals surface area contributed by atoms with Crippen LogP contribution < -0.4 is 19.9 Å². The van der Waals surface area contributed by atoms with Crippen LogP contribution in [0.15, 0.2) is 41.3 Å². The Bertz CT molecular complexity index is 883. The molecule has 2 aromatic rings. The number of anilines is 1. The molecule has 3 N–H and O–H groups in total. The molecule has 0 saturated heterocycles. The fraction of sp³-hybridized carbons (Fsp3) is 0.133. The highest BCUT2D eigenvalue weighted by atomic mass is 35.5. The number of methoxy groups -OCH3 is 2. The summed E-state index contributed by atoms with van der Waals surface area (Å²) in [5.41, 5.74) is 0.447. The molecule has 0 saturated carbocycles. The van der Waals surface area contributed by atoms with Crippen molar-refractivity contribution in [3.8, 4) is 11.5 Å². The highest BCUT2D eigenvalue weighted by Gasteiger charge is 2.17. The predicted molar refractivity (Wildman–Crippen MR) is 90.3 cm³/mol. The standard InChI is InChI=1S/C15H15ClN2O5S/c1-22-10-4-6-13(23-2)12(8-10)18-15(19)9-3-5-11(16)14(7-9)24(17,20)21/h3-8H,1-2H3,(H,18,19)(H2,17,20,21). The summed E-state index contributed by atoms with van der Waals surface area (Å²) in [5.74, 6) is 0.389. The summed E-state index contributed by atoms with van der Waals surface area (Å²) < 4.78 is 33.3. The monoisotopic (exact) mass is 370 g/mol. The summed E-state index contributed by atoms with van der Waals surface area (Å²) in [5, 5.41) is 7.65. The van der Waals surface area contributed by atoms with E-state index >= 15 is 0 Å². The molecular formula is C15H15ClN2O5S.